The lowest BCUT2D eigenvalue weighted by molar-refractivity contribution is 0.0955. The average Bonchev–Trinajstić information content (AvgIpc) is 2.36. The van der Waals surface area contributed by atoms with Crippen molar-refractivity contribution in [2.45, 2.75) is 6.92 Å². The van der Waals surface area contributed by atoms with Crippen LogP contribution in [-0.4, -0.2) is 32.8 Å². The Kier molecular flexibility index (Phi) is 5.26. The zero-order chi connectivity index (χ0) is 12.7. The van der Waals surface area contributed by atoms with Crippen LogP contribution in [0.1, 0.15) is 17.3 Å². The van der Waals surface area contributed by atoms with Gasteiger partial charge < -0.3 is 14.8 Å². The van der Waals surface area contributed by atoms with Crippen molar-refractivity contribution in [1.82, 2.24) is 5.32 Å². The zero-order valence-electron chi connectivity index (χ0n) is 9.96. The predicted octanol–water partition coefficient (Wildman–Crippen LogP) is 1.79. The standard InChI is InChI=1S/C12H16FNO3/c1-3-14-12(15)9-4-5-10(17-7-6-13)11(8-9)16-2/h4-5,8H,3,6-7H2,1-2H3,(H,14,15). The third-order valence-corrected chi connectivity index (χ3v) is 2.10. The highest BCUT2D eigenvalue weighted by Crippen LogP contribution is 2.27. The summed E-state index contributed by atoms with van der Waals surface area (Å²) in [7, 11) is 1.47. The minimum atomic E-state index is -0.568. The second-order valence-electron chi connectivity index (χ2n) is 3.26. The van der Waals surface area contributed by atoms with Crippen molar-refractivity contribution >= 4 is 5.91 Å². The van der Waals surface area contributed by atoms with Gasteiger partial charge in [0.25, 0.3) is 5.91 Å². The Morgan fingerprint density at radius 3 is 2.76 bits per heavy atom. The number of rotatable bonds is 6. The number of methoxy groups -OCH3 is 1. The summed E-state index contributed by atoms with van der Waals surface area (Å²) >= 11 is 0. The van der Waals surface area contributed by atoms with Crippen LogP contribution in [0.4, 0.5) is 4.39 Å². The summed E-state index contributed by atoms with van der Waals surface area (Å²) in [6, 6.07) is 4.78. The number of hydrogen-bond acceptors (Lipinski definition) is 3. The molecule has 1 aromatic rings. The first-order valence-electron chi connectivity index (χ1n) is 5.38. The molecule has 5 heteroatoms. The van der Waals surface area contributed by atoms with Crippen molar-refractivity contribution in [3.63, 3.8) is 0 Å². The predicted molar refractivity (Wildman–Crippen MR) is 62.5 cm³/mol. The van der Waals surface area contributed by atoms with Gasteiger partial charge in [0.05, 0.1) is 7.11 Å². The Morgan fingerprint density at radius 1 is 1.41 bits per heavy atom. The Morgan fingerprint density at radius 2 is 2.18 bits per heavy atom. The third kappa shape index (κ3) is 3.62. The summed E-state index contributed by atoms with van der Waals surface area (Å²) in [6.45, 7) is 1.80. The van der Waals surface area contributed by atoms with Gasteiger partial charge in [-0.2, -0.15) is 0 Å². The van der Waals surface area contributed by atoms with Crippen LogP contribution in [0.2, 0.25) is 0 Å². The summed E-state index contributed by atoms with van der Waals surface area (Å²) in [5.74, 6) is 0.670. The molecule has 0 aliphatic heterocycles. The van der Waals surface area contributed by atoms with Gasteiger partial charge in [-0.15, -0.1) is 0 Å². The smallest absolute Gasteiger partial charge is 0.251 e. The molecule has 1 amide bonds. The van der Waals surface area contributed by atoms with Crippen LogP contribution in [-0.2, 0) is 0 Å². The van der Waals surface area contributed by atoms with Gasteiger partial charge in [0.1, 0.15) is 13.3 Å². The molecular formula is C12H16FNO3. The molecule has 0 atom stereocenters. The number of nitrogens with one attached hydrogen (secondary N) is 1. The van der Waals surface area contributed by atoms with E-state index in [1.54, 1.807) is 18.2 Å². The quantitative estimate of drug-likeness (QED) is 0.826. The molecule has 17 heavy (non-hydrogen) atoms. The lowest BCUT2D eigenvalue weighted by atomic mass is 10.2. The Bertz CT molecular complexity index is 382. The van der Waals surface area contributed by atoms with Crippen LogP contribution in [0, 0.1) is 0 Å². The van der Waals surface area contributed by atoms with Gasteiger partial charge in [-0.3, -0.25) is 4.79 Å². The fraction of sp³-hybridized carbons (Fsp3) is 0.417. The Labute approximate surface area is 99.7 Å². The highest BCUT2D eigenvalue weighted by Gasteiger charge is 2.10. The van der Waals surface area contributed by atoms with Gasteiger partial charge in [0, 0.05) is 12.1 Å². The number of halogens is 1. The van der Waals surface area contributed by atoms with Gasteiger partial charge >= 0.3 is 0 Å². The zero-order valence-corrected chi connectivity index (χ0v) is 9.96. The fourth-order valence-corrected chi connectivity index (χ4v) is 1.34. The van der Waals surface area contributed by atoms with Crippen LogP contribution in [0.25, 0.3) is 0 Å². The minimum Gasteiger partial charge on any atom is -0.493 e. The molecule has 4 nitrogen and oxygen atoms in total. The summed E-state index contributed by atoms with van der Waals surface area (Å²) in [5.41, 5.74) is 0.483. The molecule has 0 aliphatic rings. The number of carbonyl (C=O) groups excluding carboxylic acids is 1. The summed E-state index contributed by atoms with van der Waals surface area (Å²) in [5, 5.41) is 2.68. The number of carbonyl (C=O) groups is 1. The van der Waals surface area contributed by atoms with Crippen LogP contribution in [0.3, 0.4) is 0 Å². The first kappa shape index (κ1) is 13.3. The van der Waals surface area contributed by atoms with E-state index in [4.69, 9.17) is 9.47 Å². The van der Waals surface area contributed by atoms with E-state index in [2.05, 4.69) is 5.32 Å². The van der Waals surface area contributed by atoms with E-state index in [0.29, 0.717) is 23.6 Å². The lowest BCUT2D eigenvalue weighted by Gasteiger charge is -2.11. The minimum absolute atomic E-state index is 0.0309. The molecule has 0 heterocycles. The Hall–Kier alpha value is -1.78. The summed E-state index contributed by atoms with van der Waals surface area (Å²) < 4.78 is 22.2. The lowest BCUT2D eigenvalue weighted by Crippen LogP contribution is -2.22. The van der Waals surface area contributed by atoms with E-state index >= 15 is 0 Å². The van der Waals surface area contributed by atoms with Gasteiger partial charge in [-0.25, -0.2) is 4.39 Å². The van der Waals surface area contributed by atoms with Crippen molar-refractivity contribution in [1.29, 1.82) is 0 Å². The SMILES string of the molecule is CCNC(=O)c1ccc(OCCF)c(OC)c1. The van der Waals surface area contributed by atoms with Crippen molar-refractivity contribution < 1.29 is 18.7 Å². The highest BCUT2D eigenvalue weighted by atomic mass is 19.1. The van der Waals surface area contributed by atoms with E-state index in [9.17, 15) is 9.18 Å². The van der Waals surface area contributed by atoms with Crippen LogP contribution < -0.4 is 14.8 Å². The number of hydrogen-bond donors (Lipinski definition) is 1. The highest BCUT2D eigenvalue weighted by molar-refractivity contribution is 5.94. The topological polar surface area (TPSA) is 47.6 Å². The molecule has 1 aromatic carbocycles. The first-order valence-corrected chi connectivity index (χ1v) is 5.38. The van der Waals surface area contributed by atoms with Crippen molar-refractivity contribution in [2.24, 2.45) is 0 Å². The van der Waals surface area contributed by atoms with Crippen LogP contribution in [0.5, 0.6) is 11.5 Å². The summed E-state index contributed by atoms with van der Waals surface area (Å²) in [4.78, 5) is 11.6. The fourth-order valence-electron chi connectivity index (χ4n) is 1.34. The second kappa shape index (κ2) is 6.73. The van der Waals surface area contributed by atoms with Crippen LogP contribution in [0.15, 0.2) is 18.2 Å². The monoisotopic (exact) mass is 241 g/mol. The maximum atomic E-state index is 12.0. The maximum absolute atomic E-state index is 12.0. The van der Waals surface area contributed by atoms with E-state index in [1.165, 1.54) is 7.11 Å². The third-order valence-electron chi connectivity index (χ3n) is 2.10. The molecule has 0 saturated heterocycles. The van der Waals surface area contributed by atoms with E-state index in [1.807, 2.05) is 6.92 Å². The molecule has 0 saturated carbocycles. The molecule has 0 aliphatic carbocycles. The summed E-state index contributed by atoms with van der Waals surface area (Å²) in [6.07, 6.45) is 0. The number of alkyl halides is 1. The number of benzene rings is 1. The molecule has 94 valence electrons. The van der Waals surface area contributed by atoms with E-state index in [0.717, 1.165) is 0 Å². The molecule has 0 aromatic heterocycles. The van der Waals surface area contributed by atoms with Crippen molar-refractivity contribution in [3.8, 4) is 11.5 Å². The van der Waals surface area contributed by atoms with Gasteiger partial charge in [-0.05, 0) is 25.1 Å². The molecule has 1 rings (SSSR count). The average molecular weight is 241 g/mol. The largest absolute Gasteiger partial charge is 0.493 e. The molecule has 0 fully saturated rings. The van der Waals surface area contributed by atoms with E-state index in [-0.39, 0.29) is 12.5 Å². The molecule has 0 spiro atoms. The molecule has 0 unspecified atom stereocenters. The van der Waals surface area contributed by atoms with Crippen molar-refractivity contribution in [2.75, 3.05) is 26.9 Å². The maximum Gasteiger partial charge on any atom is 0.251 e. The second-order valence-corrected chi connectivity index (χ2v) is 3.26. The van der Waals surface area contributed by atoms with Gasteiger partial charge in [0.2, 0.25) is 0 Å². The number of ether oxygens (including phenoxy) is 2. The molecule has 1 N–H and O–H groups in total. The molecule has 0 bridgehead atoms. The van der Waals surface area contributed by atoms with Gasteiger partial charge in [0.15, 0.2) is 11.5 Å². The molecular weight excluding hydrogens is 225 g/mol. The Balaban J connectivity index is 2.87. The first-order chi connectivity index (χ1) is 8.22. The van der Waals surface area contributed by atoms with Crippen LogP contribution >= 0.6 is 0 Å². The van der Waals surface area contributed by atoms with E-state index < -0.39 is 6.67 Å². The van der Waals surface area contributed by atoms with Crippen molar-refractivity contribution in [3.05, 3.63) is 23.8 Å². The molecule has 0 radical (unpaired) electrons. The number of amides is 1. The normalized spacial score (nSPS) is 9.82. The van der Waals surface area contributed by atoms with Gasteiger partial charge in [-0.1, -0.05) is 0 Å².